The monoisotopic (exact) mass is 365 g/mol. The second-order valence-corrected chi connectivity index (χ2v) is 7.93. The summed E-state index contributed by atoms with van der Waals surface area (Å²) in [4.78, 5) is 22.1. The van der Waals surface area contributed by atoms with Crippen molar-refractivity contribution in [3.63, 3.8) is 0 Å². The molecule has 1 saturated heterocycles. The van der Waals surface area contributed by atoms with Crippen LogP contribution in [-0.2, 0) is 12.0 Å². The third-order valence-corrected chi connectivity index (χ3v) is 6.16. The molecule has 5 heterocycles. The Morgan fingerprint density at radius 3 is 3.08 bits per heavy atom. The van der Waals surface area contributed by atoms with Gasteiger partial charge in [0.05, 0.1) is 29.5 Å². The molecule has 26 heavy (non-hydrogen) atoms. The van der Waals surface area contributed by atoms with Crippen LogP contribution in [0.25, 0.3) is 0 Å². The summed E-state index contributed by atoms with van der Waals surface area (Å²) in [6.07, 6.45) is 6.38. The number of aromatic nitrogens is 1. The lowest BCUT2D eigenvalue weighted by Gasteiger charge is -2.25. The number of rotatable bonds is 3. The van der Waals surface area contributed by atoms with E-state index in [1.807, 2.05) is 46.1 Å². The van der Waals surface area contributed by atoms with Gasteiger partial charge in [0, 0.05) is 42.2 Å². The molecule has 5 nitrogen and oxygen atoms in total. The summed E-state index contributed by atoms with van der Waals surface area (Å²) in [6.45, 7) is 3.49. The van der Waals surface area contributed by atoms with E-state index in [4.69, 9.17) is 9.40 Å². The molecule has 2 aliphatic heterocycles. The Morgan fingerprint density at radius 2 is 2.27 bits per heavy atom. The molecule has 0 aromatic carbocycles. The zero-order valence-corrected chi connectivity index (χ0v) is 15.1. The van der Waals surface area contributed by atoms with Crippen LogP contribution in [-0.4, -0.2) is 35.4 Å². The first-order chi connectivity index (χ1) is 12.8. The van der Waals surface area contributed by atoms with Gasteiger partial charge >= 0.3 is 0 Å². The van der Waals surface area contributed by atoms with Crippen LogP contribution in [0.5, 0.6) is 0 Å². The summed E-state index contributed by atoms with van der Waals surface area (Å²) >= 11 is 1.55. The first-order valence-corrected chi connectivity index (χ1v) is 9.72. The van der Waals surface area contributed by atoms with E-state index in [2.05, 4.69) is 4.90 Å². The van der Waals surface area contributed by atoms with E-state index in [0.29, 0.717) is 6.54 Å². The zero-order chi connectivity index (χ0) is 17.6. The number of carbonyl (C=O) groups excluding carboxylic acids is 1. The zero-order valence-electron chi connectivity index (χ0n) is 14.3. The fraction of sp³-hybridized carbons (Fsp3) is 0.300. The third kappa shape index (κ3) is 2.48. The highest BCUT2D eigenvalue weighted by molar-refractivity contribution is 7.08. The summed E-state index contributed by atoms with van der Waals surface area (Å²) in [7, 11) is 0. The molecule has 1 amide bonds. The Kier molecular flexibility index (Phi) is 3.69. The maximum atomic E-state index is 13.0. The predicted molar refractivity (Wildman–Crippen MR) is 101 cm³/mol. The number of thiophene rings is 1. The topological polar surface area (TPSA) is 49.6 Å². The molecule has 3 aromatic heterocycles. The average molecular weight is 365 g/mol. The summed E-state index contributed by atoms with van der Waals surface area (Å²) in [6, 6.07) is 7.86. The highest BCUT2D eigenvalue weighted by Gasteiger charge is 2.49. The standard InChI is InChI=1S/C20H19N3O2S/c24-19(16-4-9-26-12-16)23-14-20(18-17(23)2-1-6-21-18)5-7-22(13-20)10-15-3-8-25-11-15/h1-4,6,8-9,11-12H,5,7,10,13-14H2/t20-/m1/s1. The molecule has 1 fully saturated rings. The number of pyridine rings is 1. The predicted octanol–water partition coefficient (Wildman–Crippen LogP) is 3.54. The Labute approximate surface area is 155 Å². The fourth-order valence-corrected chi connectivity index (χ4v) is 4.90. The van der Waals surface area contributed by atoms with Crippen molar-refractivity contribution < 1.29 is 9.21 Å². The van der Waals surface area contributed by atoms with Crippen molar-refractivity contribution in [2.75, 3.05) is 24.5 Å². The molecule has 1 spiro atoms. The van der Waals surface area contributed by atoms with Crippen molar-refractivity contribution in [2.24, 2.45) is 0 Å². The van der Waals surface area contributed by atoms with Crippen LogP contribution in [0.4, 0.5) is 5.69 Å². The van der Waals surface area contributed by atoms with Gasteiger partial charge in [-0.2, -0.15) is 11.3 Å². The van der Waals surface area contributed by atoms with Gasteiger partial charge in [0.15, 0.2) is 0 Å². The minimum Gasteiger partial charge on any atom is -0.472 e. The van der Waals surface area contributed by atoms with E-state index in [1.165, 1.54) is 5.56 Å². The van der Waals surface area contributed by atoms with E-state index in [9.17, 15) is 4.79 Å². The number of furan rings is 1. The second kappa shape index (κ2) is 6.07. The number of nitrogens with zero attached hydrogens (tertiary/aromatic N) is 3. The molecule has 3 aromatic rings. The quantitative estimate of drug-likeness (QED) is 0.712. The molecule has 1 atom stereocenters. The Morgan fingerprint density at radius 1 is 1.31 bits per heavy atom. The molecule has 0 N–H and O–H groups in total. The van der Waals surface area contributed by atoms with E-state index < -0.39 is 0 Å². The van der Waals surface area contributed by atoms with Gasteiger partial charge in [0.1, 0.15) is 0 Å². The van der Waals surface area contributed by atoms with Crippen LogP contribution in [0.1, 0.15) is 28.0 Å². The lowest BCUT2D eigenvalue weighted by molar-refractivity contribution is 0.0985. The van der Waals surface area contributed by atoms with Crippen LogP contribution >= 0.6 is 11.3 Å². The first-order valence-electron chi connectivity index (χ1n) is 8.78. The van der Waals surface area contributed by atoms with Gasteiger partial charge in [-0.1, -0.05) is 0 Å². The summed E-state index contributed by atoms with van der Waals surface area (Å²) in [5.74, 6) is 0.0747. The molecular weight excluding hydrogens is 346 g/mol. The minimum absolute atomic E-state index is 0.0747. The van der Waals surface area contributed by atoms with Crippen LogP contribution in [0.15, 0.2) is 58.2 Å². The van der Waals surface area contributed by atoms with E-state index in [1.54, 1.807) is 23.9 Å². The van der Waals surface area contributed by atoms with Gasteiger partial charge in [-0.15, -0.1) is 0 Å². The van der Waals surface area contributed by atoms with Gasteiger partial charge in [-0.05, 0) is 42.6 Å². The minimum atomic E-state index is -0.0774. The van der Waals surface area contributed by atoms with Gasteiger partial charge in [-0.3, -0.25) is 14.7 Å². The van der Waals surface area contributed by atoms with E-state index >= 15 is 0 Å². The molecule has 0 aliphatic carbocycles. The maximum Gasteiger partial charge on any atom is 0.259 e. The first kappa shape index (κ1) is 15.8. The lowest BCUT2D eigenvalue weighted by atomic mass is 9.85. The Balaban J connectivity index is 1.44. The molecule has 6 heteroatoms. The maximum absolute atomic E-state index is 13.0. The van der Waals surface area contributed by atoms with Gasteiger partial charge in [-0.25, -0.2) is 0 Å². The molecule has 0 radical (unpaired) electrons. The Bertz CT molecular complexity index is 922. The lowest BCUT2D eigenvalue weighted by Crippen LogP contribution is -2.39. The average Bonchev–Trinajstić information content (AvgIpc) is 3.44. The third-order valence-electron chi connectivity index (χ3n) is 5.47. The number of likely N-dealkylation sites (tertiary alicyclic amines) is 1. The van der Waals surface area contributed by atoms with Crippen molar-refractivity contribution >= 4 is 22.9 Å². The largest absolute Gasteiger partial charge is 0.472 e. The van der Waals surface area contributed by atoms with Crippen LogP contribution in [0.3, 0.4) is 0 Å². The molecule has 5 rings (SSSR count). The fourth-order valence-electron chi connectivity index (χ4n) is 4.27. The highest BCUT2D eigenvalue weighted by atomic mass is 32.1. The molecule has 2 aliphatic rings. The number of amides is 1. The van der Waals surface area contributed by atoms with Crippen molar-refractivity contribution in [1.82, 2.24) is 9.88 Å². The van der Waals surface area contributed by atoms with E-state index in [-0.39, 0.29) is 11.3 Å². The van der Waals surface area contributed by atoms with Crippen molar-refractivity contribution in [3.05, 3.63) is 70.6 Å². The number of anilines is 1. The van der Waals surface area contributed by atoms with Crippen LogP contribution in [0, 0.1) is 0 Å². The van der Waals surface area contributed by atoms with Gasteiger partial charge < -0.3 is 9.32 Å². The van der Waals surface area contributed by atoms with Crippen molar-refractivity contribution in [1.29, 1.82) is 0 Å². The Hall–Kier alpha value is -2.44. The normalized spacial score (nSPS) is 22.2. The summed E-state index contributed by atoms with van der Waals surface area (Å²) in [5, 5.41) is 3.87. The molecule has 0 saturated carbocycles. The smallest absolute Gasteiger partial charge is 0.259 e. The molecule has 0 unspecified atom stereocenters. The summed E-state index contributed by atoms with van der Waals surface area (Å²) in [5.41, 5.74) is 3.90. The van der Waals surface area contributed by atoms with Crippen LogP contribution in [0.2, 0.25) is 0 Å². The SMILES string of the molecule is O=C(c1ccsc1)N1C[C@]2(CCN(Cc3ccoc3)C2)c2ncccc21. The molecule has 0 bridgehead atoms. The summed E-state index contributed by atoms with van der Waals surface area (Å²) < 4.78 is 5.20. The number of carbonyl (C=O) groups is 1. The number of hydrogen-bond donors (Lipinski definition) is 0. The molecule has 132 valence electrons. The van der Waals surface area contributed by atoms with Gasteiger partial charge in [0.25, 0.3) is 5.91 Å². The number of fused-ring (bicyclic) bond motifs is 2. The van der Waals surface area contributed by atoms with E-state index in [0.717, 1.165) is 43.0 Å². The van der Waals surface area contributed by atoms with Crippen LogP contribution < -0.4 is 4.90 Å². The van der Waals surface area contributed by atoms with Crippen molar-refractivity contribution in [3.8, 4) is 0 Å². The second-order valence-electron chi connectivity index (χ2n) is 7.15. The highest BCUT2D eigenvalue weighted by Crippen LogP contribution is 2.45. The van der Waals surface area contributed by atoms with Crippen molar-refractivity contribution in [2.45, 2.75) is 18.4 Å². The molecular formula is C20H19N3O2S. The van der Waals surface area contributed by atoms with Gasteiger partial charge in [0.2, 0.25) is 0 Å². The number of hydrogen-bond acceptors (Lipinski definition) is 5.